The molecule has 2 aromatic rings. The highest BCUT2D eigenvalue weighted by atomic mass is 32.1. The molecule has 1 N–H and O–H groups in total. The van der Waals surface area contributed by atoms with Crippen LogP contribution in [0.5, 0.6) is 5.75 Å². The molecule has 2 atom stereocenters. The van der Waals surface area contributed by atoms with Crippen molar-refractivity contribution in [2.45, 2.75) is 32.4 Å². The fraction of sp³-hybridized carbons (Fsp3) is 0.375. The molecular weight excluding hydrogens is 254 g/mol. The number of benzene rings is 1. The van der Waals surface area contributed by atoms with Gasteiger partial charge in [0.15, 0.2) is 0 Å². The second-order valence-electron chi connectivity index (χ2n) is 5.09. The van der Waals surface area contributed by atoms with Crippen molar-refractivity contribution in [2.24, 2.45) is 0 Å². The minimum absolute atomic E-state index is 0.350. The third kappa shape index (κ3) is 2.67. The molecule has 19 heavy (non-hydrogen) atoms. The molecule has 3 rings (SSSR count). The van der Waals surface area contributed by atoms with Crippen molar-refractivity contribution in [2.75, 3.05) is 6.61 Å². The van der Waals surface area contributed by atoms with Crippen LogP contribution >= 0.6 is 11.3 Å². The summed E-state index contributed by atoms with van der Waals surface area (Å²) in [7, 11) is 0. The van der Waals surface area contributed by atoms with Gasteiger partial charge in [-0.2, -0.15) is 0 Å². The molecule has 0 bridgehead atoms. The molecule has 1 aromatic carbocycles. The average Bonchev–Trinajstić information content (AvgIpc) is 3.09. The van der Waals surface area contributed by atoms with Crippen molar-refractivity contribution in [1.29, 1.82) is 0 Å². The third-order valence-electron chi connectivity index (χ3n) is 3.68. The van der Waals surface area contributed by atoms with Crippen molar-refractivity contribution < 1.29 is 4.74 Å². The highest BCUT2D eigenvalue weighted by Crippen LogP contribution is 2.29. The summed E-state index contributed by atoms with van der Waals surface area (Å²) in [5.74, 6) is 1.06. The van der Waals surface area contributed by atoms with Crippen LogP contribution in [0.25, 0.3) is 0 Å². The van der Waals surface area contributed by atoms with Gasteiger partial charge in [0.05, 0.1) is 6.61 Å². The van der Waals surface area contributed by atoms with E-state index in [0.29, 0.717) is 12.1 Å². The maximum absolute atomic E-state index is 5.55. The lowest BCUT2D eigenvalue weighted by atomic mass is 10.0. The summed E-state index contributed by atoms with van der Waals surface area (Å²) in [5.41, 5.74) is 2.68. The summed E-state index contributed by atoms with van der Waals surface area (Å²) in [6.07, 6.45) is 1.04. The van der Waals surface area contributed by atoms with E-state index in [1.165, 1.54) is 16.0 Å². The fourth-order valence-corrected chi connectivity index (χ4v) is 3.31. The van der Waals surface area contributed by atoms with Gasteiger partial charge < -0.3 is 10.1 Å². The van der Waals surface area contributed by atoms with E-state index in [1.54, 1.807) is 11.3 Å². The van der Waals surface area contributed by atoms with Gasteiger partial charge in [0.1, 0.15) is 5.75 Å². The lowest BCUT2D eigenvalue weighted by molar-refractivity contribution is 0.356. The van der Waals surface area contributed by atoms with E-state index >= 15 is 0 Å². The zero-order valence-electron chi connectivity index (χ0n) is 11.3. The van der Waals surface area contributed by atoms with Crippen molar-refractivity contribution in [1.82, 2.24) is 5.32 Å². The molecular formula is C16H19NOS. The Morgan fingerprint density at radius 2 is 2.11 bits per heavy atom. The van der Waals surface area contributed by atoms with Crippen LogP contribution in [0.1, 0.15) is 41.9 Å². The normalized spacial score (nSPS) is 16.7. The predicted octanol–water partition coefficient (Wildman–Crippen LogP) is 4.09. The maximum atomic E-state index is 5.55. The van der Waals surface area contributed by atoms with Gasteiger partial charge in [0.2, 0.25) is 0 Å². The minimum Gasteiger partial charge on any atom is -0.493 e. The Morgan fingerprint density at radius 1 is 1.21 bits per heavy atom. The summed E-state index contributed by atoms with van der Waals surface area (Å²) >= 11 is 1.81. The van der Waals surface area contributed by atoms with Crippen LogP contribution < -0.4 is 10.1 Å². The molecule has 0 fully saturated rings. The monoisotopic (exact) mass is 273 g/mol. The van der Waals surface area contributed by atoms with Gasteiger partial charge in [0, 0.05) is 23.4 Å². The number of fused-ring (bicyclic) bond motifs is 1. The van der Waals surface area contributed by atoms with E-state index in [9.17, 15) is 0 Å². The smallest absolute Gasteiger partial charge is 0.122 e. The predicted molar refractivity (Wildman–Crippen MR) is 79.9 cm³/mol. The van der Waals surface area contributed by atoms with E-state index in [2.05, 4.69) is 54.9 Å². The quantitative estimate of drug-likeness (QED) is 0.905. The van der Waals surface area contributed by atoms with Crippen LogP contribution in [0.15, 0.2) is 35.7 Å². The van der Waals surface area contributed by atoms with Crippen LogP contribution in [0.3, 0.4) is 0 Å². The zero-order valence-corrected chi connectivity index (χ0v) is 12.2. The topological polar surface area (TPSA) is 21.3 Å². The number of thiophene rings is 1. The SMILES string of the molecule is CC(N[C@H](C)c1cccs1)c1ccc2c(c1)CCO2. The van der Waals surface area contributed by atoms with E-state index < -0.39 is 0 Å². The van der Waals surface area contributed by atoms with Gasteiger partial charge >= 0.3 is 0 Å². The molecule has 0 amide bonds. The van der Waals surface area contributed by atoms with E-state index in [-0.39, 0.29) is 0 Å². The molecule has 0 spiro atoms. The van der Waals surface area contributed by atoms with Crippen LogP contribution in [0, 0.1) is 0 Å². The van der Waals surface area contributed by atoms with Gasteiger partial charge in [-0.3, -0.25) is 0 Å². The van der Waals surface area contributed by atoms with Crippen molar-refractivity contribution in [3.63, 3.8) is 0 Å². The number of hydrogen-bond acceptors (Lipinski definition) is 3. The van der Waals surface area contributed by atoms with Crippen LogP contribution in [-0.4, -0.2) is 6.61 Å². The average molecular weight is 273 g/mol. The molecule has 3 heteroatoms. The Balaban J connectivity index is 1.72. The molecule has 0 aliphatic carbocycles. The van der Waals surface area contributed by atoms with Gasteiger partial charge in [-0.15, -0.1) is 11.3 Å². The second-order valence-corrected chi connectivity index (χ2v) is 6.07. The Bertz CT molecular complexity index is 550. The molecule has 1 aliphatic rings. The fourth-order valence-electron chi connectivity index (χ4n) is 2.57. The van der Waals surface area contributed by atoms with Gasteiger partial charge in [-0.05, 0) is 42.5 Å². The Morgan fingerprint density at radius 3 is 2.89 bits per heavy atom. The summed E-state index contributed by atoms with van der Waals surface area (Å²) in [5, 5.41) is 5.79. The summed E-state index contributed by atoms with van der Waals surface area (Å²) in [6, 6.07) is 11.6. The van der Waals surface area contributed by atoms with Crippen molar-refractivity contribution in [3.05, 3.63) is 51.7 Å². The first-order valence-electron chi connectivity index (χ1n) is 6.79. The number of hydrogen-bond donors (Lipinski definition) is 1. The van der Waals surface area contributed by atoms with Crippen LogP contribution in [0.4, 0.5) is 0 Å². The second kappa shape index (κ2) is 5.35. The van der Waals surface area contributed by atoms with Crippen LogP contribution in [-0.2, 0) is 6.42 Å². The van der Waals surface area contributed by atoms with Gasteiger partial charge in [0.25, 0.3) is 0 Å². The molecule has 2 heterocycles. The molecule has 1 unspecified atom stereocenters. The van der Waals surface area contributed by atoms with Crippen molar-refractivity contribution >= 4 is 11.3 Å². The highest BCUT2D eigenvalue weighted by molar-refractivity contribution is 7.10. The Hall–Kier alpha value is -1.32. The van der Waals surface area contributed by atoms with Crippen molar-refractivity contribution in [3.8, 4) is 5.75 Å². The van der Waals surface area contributed by atoms with Gasteiger partial charge in [-0.25, -0.2) is 0 Å². The Labute approximate surface area is 118 Å². The maximum Gasteiger partial charge on any atom is 0.122 e. The van der Waals surface area contributed by atoms with E-state index in [0.717, 1.165) is 18.8 Å². The lowest BCUT2D eigenvalue weighted by Crippen LogP contribution is -2.21. The molecule has 0 radical (unpaired) electrons. The van der Waals surface area contributed by atoms with Gasteiger partial charge in [-0.1, -0.05) is 18.2 Å². The lowest BCUT2D eigenvalue weighted by Gasteiger charge is -2.20. The first kappa shape index (κ1) is 12.7. The Kier molecular flexibility index (Phi) is 3.58. The minimum atomic E-state index is 0.350. The first-order chi connectivity index (χ1) is 9.24. The number of ether oxygens (including phenoxy) is 1. The summed E-state index contributed by atoms with van der Waals surface area (Å²) in [4.78, 5) is 1.39. The molecule has 1 aromatic heterocycles. The summed E-state index contributed by atoms with van der Waals surface area (Å²) < 4.78 is 5.55. The molecule has 100 valence electrons. The largest absolute Gasteiger partial charge is 0.493 e. The van der Waals surface area contributed by atoms with E-state index in [1.807, 2.05) is 0 Å². The standard InChI is InChI=1S/C16H19NOS/c1-11(17-12(2)16-4-3-9-19-16)13-5-6-15-14(10-13)7-8-18-15/h3-6,9-12,17H,7-8H2,1-2H3/t11?,12-/m1/s1. The zero-order chi connectivity index (χ0) is 13.2. The number of nitrogens with one attached hydrogen (secondary N) is 1. The van der Waals surface area contributed by atoms with Crippen LogP contribution in [0.2, 0.25) is 0 Å². The molecule has 2 nitrogen and oxygen atoms in total. The first-order valence-corrected chi connectivity index (χ1v) is 7.67. The third-order valence-corrected chi connectivity index (χ3v) is 4.74. The molecule has 1 aliphatic heterocycles. The van der Waals surface area contributed by atoms with E-state index in [4.69, 9.17) is 4.74 Å². The molecule has 0 saturated carbocycles. The highest BCUT2D eigenvalue weighted by Gasteiger charge is 2.16. The summed E-state index contributed by atoms with van der Waals surface area (Å²) in [6.45, 7) is 5.27. The number of rotatable bonds is 4. The molecule has 0 saturated heterocycles.